The summed E-state index contributed by atoms with van der Waals surface area (Å²) in [6.45, 7) is 2.36. The summed E-state index contributed by atoms with van der Waals surface area (Å²) in [5.41, 5.74) is 1.69. The topological polar surface area (TPSA) is 119 Å². The second kappa shape index (κ2) is 7.47. The van der Waals surface area contributed by atoms with Gasteiger partial charge in [0.15, 0.2) is 6.04 Å². The van der Waals surface area contributed by atoms with Gasteiger partial charge in [0.25, 0.3) is 0 Å². The maximum absolute atomic E-state index is 11.1. The standard InChI is InChI=1S/C16H17N7O2/c1-2-13(15(24)25)23-21-14(20-22-23)12-9-18-16(19-10-12)17-8-11-6-4-3-5-7-11/h3-7,9-10,13H,2,8H2,1H3,(H,24,25)(H,17,18,19). The van der Waals surface area contributed by atoms with E-state index in [9.17, 15) is 4.79 Å². The number of hydrogen-bond acceptors (Lipinski definition) is 7. The minimum absolute atomic E-state index is 0.286. The molecule has 1 atom stereocenters. The number of aromatic nitrogens is 6. The van der Waals surface area contributed by atoms with Crippen LogP contribution < -0.4 is 5.32 Å². The van der Waals surface area contributed by atoms with E-state index in [1.807, 2.05) is 30.3 Å². The number of nitrogens with one attached hydrogen (secondary N) is 1. The molecule has 3 aromatic rings. The molecule has 9 heteroatoms. The van der Waals surface area contributed by atoms with Crippen LogP contribution in [0.5, 0.6) is 0 Å². The summed E-state index contributed by atoms with van der Waals surface area (Å²) in [5.74, 6) is -0.227. The highest BCUT2D eigenvalue weighted by Crippen LogP contribution is 2.15. The highest BCUT2D eigenvalue weighted by Gasteiger charge is 2.21. The van der Waals surface area contributed by atoms with E-state index in [0.717, 1.165) is 10.4 Å². The Bertz CT molecular complexity index is 833. The maximum atomic E-state index is 11.1. The molecule has 0 aliphatic rings. The Morgan fingerprint density at radius 1 is 1.24 bits per heavy atom. The Balaban J connectivity index is 1.68. The first kappa shape index (κ1) is 16.5. The fraction of sp³-hybridized carbons (Fsp3) is 0.250. The molecule has 3 rings (SSSR count). The first-order chi connectivity index (χ1) is 12.2. The fourth-order valence-corrected chi connectivity index (χ4v) is 2.22. The molecule has 1 unspecified atom stereocenters. The largest absolute Gasteiger partial charge is 0.480 e. The molecule has 0 aliphatic heterocycles. The van der Waals surface area contributed by atoms with Crippen molar-refractivity contribution in [2.24, 2.45) is 0 Å². The average molecular weight is 339 g/mol. The summed E-state index contributed by atoms with van der Waals surface area (Å²) >= 11 is 0. The van der Waals surface area contributed by atoms with Gasteiger partial charge in [-0.05, 0) is 17.2 Å². The van der Waals surface area contributed by atoms with Gasteiger partial charge in [0.1, 0.15) is 0 Å². The Kier molecular flexibility index (Phi) is 4.93. The lowest BCUT2D eigenvalue weighted by atomic mass is 10.2. The summed E-state index contributed by atoms with van der Waals surface area (Å²) in [6, 6.07) is 9.08. The molecule has 0 fully saturated rings. The predicted octanol–water partition coefficient (Wildman–Crippen LogP) is 1.78. The SMILES string of the molecule is CCC(C(=O)O)n1nnc(-c2cnc(NCc3ccccc3)nc2)n1. The molecular formula is C16H17N7O2. The number of benzene rings is 1. The monoisotopic (exact) mass is 339 g/mol. The molecule has 0 saturated heterocycles. The average Bonchev–Trinajstić information content (AvgIpc) is 3.11. The molecule has 1 aromatic carbocycles. The minimum Gasteiger partial charge on any atom is -0.480 e. The normalized spacial score (nSPS) is 11.9. The van der Waals surface area contributed by atoms with E-state index < -0.39 is 12.0 Å². The zero-order valence-electron chi connectivity index (χ0n) is 13.6. The molecule has 0 aliphatic carbocycles. The third-order valence-corrected chi connectivity index (χ3v) is 3.58. The molecule has 2 aromatic heterocycles. The van der Waals surface area contributed by atoms with Crippen molar-refractivity contribution in [3.63, 3.8) is 0 Å². The second-order valence-corrected chi connectivity index (χ2v) is 5.33. The van der Waals surface area contributed by atoms with Gasteiger partial charge in [-0.15, -0.1) is 15.0 Å². The van der Waals surface area contributed by atoms with E-state index in [2.05, 4.69) is 30.7 Å². The van der Waals surface area contributed by atoms with E-state index >= 15 is 0 Å². The first-order valence-corrected chi connectivity index (χ1v) is 7.80. The molecule has 2 N–H and O–H groups in total. The minimum atomic E-state index is -0.997. The van der Waals surface area contributed by atoms with E-state index in [-0.39, 0.29) is 5.82 Å². The highest BCUT2D eigenvalue weighted by molar-refractivity contribution is 5.71. The molecular weight excluding hydrogens is 322 g/mol. The third kappa shape index (κ3) is 3.94. The van der Waals surface area contributed by atoms with Crippen molar-refractivity contribution < 1.29 is 9.90 Å². The summed E-state index contributed by atoms with van der Waals surface area (Å²) in [7, 11) is 0. The zero-order chi connectivity index (χ0) is 17.6. The number of tetrazole rings is 1. The number of carbonyl (C=O) groups is 1. The van der Waals surface area contributed by atoms with Crippen LogP contribution in [0.25, 0.3) is 11.4 Å². The number of nitrogens with zero attached hydrogens (tertiary/aromatic N) is 6. The number of aliphatic carboxylic acids is 1. The molecule has 0 amide bonds. The van der Waals surface area contributed by atoms with Gasteiger partial charge in [-0.1, -0.05) is 37.3 Å². The van der Waals surface area contributed by atoms with Gasteiger partial charge in [-0.25, -0.2) is 14.8 Å². The van der Waals surface area contributed by atoms with Crippen LogP contribution >= 0.6 is 0 Å². The molecule has 128 valence electrons. The smallest absolute Gasteiger partial charge is 0.330 e. The van der Waals surface area contributed by atoms with Gasteiger partial charge < -0.3 is 10.4 Å². The van der Waals surface area contributed by atoms with E-state index in [1.54, 1.807) is 19.3 Å². The van der Waals surface area contributed by atoms with E-state index in [4.69, 9.17) is 5.11 Å². The summed E-state index contributed by atoms with van der Waals surface area (Å²) < 4.78 is 0. The number of hydrogen-bond donors (Lipinski definition) is 2. The Hall–Kier alpha value is -3.36. The van der Waals surface area contributed by atoms with Crippen LogP contribution in [0, 0.1) is 0 Å². The molecule has 25 heavy (non-hydrogen) atoms. The van der Waals surface area contributed by atoms with Gasteiger partial charge in [-0.3, -0.25) is 0 Å². The Labute approximate surface area is 143 Å². The molecule has 0 radical (unpaired) electrons. The third-order valence-electron chi connectivity index (χ3n) is 3.58. The van der Waals surface area contributed by atoms with Crippen molar-refractivity contribution in [2.75, 3.05) is 5.32 Å². The summed E-state index contributed by atoms with van der Waals surface area (Å²) in [4.78, 5) is 20.7. The molecule has 0 bridgehead atoms. The number of carboxylic acids is 1. The van der Waals surface area contributed by atoms with Crippen molar-refractivity contribution in [1.82, 2.24) is 30.2 Å². The number of carboxylic acid groups (broad SMARTS) is 1. The molecule has 2 heterocycles. The second-order valence-electron chi connectivity index (χ2n) is 5.33. The van der Waals surface area contributed by atoms with Gasteiger partial charge in [-0.2, -0.15) is 0 Å². The quantitative estimate of drug-likeness (QED) is 0.668. The maximum Gasteiger partial charge on any atom is 0.330 e. The molecule has 9 nitrogen and oxygen atoms in total. The van der Waals surface area contributed by atoms with Crippen LogP contribution in [0.2, 0.25) is 0 Å². The van der Waals surface area contributed by atoms with Crippen LogP contribution in [0.4, 0.5) is 5.95 Å². The summed E-state index contributed by atoms with van der Waals surface area (Å²) in [6.07, 6.45) is 3.51. The fourth-order valence-electron chi connectivity index (χ4n) is 2.22. The lowest BCUT2D eigenvalue weighted by molar-refractivity contribution is -0.141. The van der Waals surface area contributed by atoms with Gasteiger partial charge in [0, 0.05) is 18.9 Å². The van der Waals surface area contributed by atoms with Crippen molar-refractivity contribution in [3.05, 3.63) is 48.3 Å². The van der Waals surface area contributed by atoms with Gasteiger partial charge in [0.05, 0.1) is 5.56 Å². The predicted molar refractivity (Wildman–Crippen MR) is 89.6 cm³/mol. The van der Waals surface area contributed by atoms with E-state index in [1.165, 1.54) is 0 Å². The van der Waals surface area contributed by atoms with Gasteiger partial charge >= 0.3 is 5.97 Å². The van der Waals surface area contributed by atoms with Crippen LogP contribution in [0.15, 0.2) is 42.7 Å². The van der Waals surface area contributed by atoms with Crippen molar-refractivity contribution in [1.29, 1.82) is 0 Å². The zero-order valence-corrected chi connectivity index (χ0v) is 13.6. The van der Waals surface area contributed by atoms with Gasteiger partial charge in [0.2, 0.25) is 11.8 Å². The molecule has 0 saturated carbocycles. The van der Waals surface area contributed by atoms with Crippen molar-refractivity contribution in [2.45, 2.75) is 25.9 Å². The van der Waals surface area contributed by atoms with Crippen molar-refractivity contribution in [3.8, 4) is 11.4 Å². The summed E-state index contributed by atoms with van der Waals surface area (Å²) in [5, 5.41) is 24.1. The van der Waals surface area contributed by atoms with Crippen LogP contribution in [-0.4, -0.2) is 41.3 Å². The lowest BCUT2D eigenvalue weighted by Gasteiger charge is -2.06. The number of anilines is 1. The Morgan fingerprint density at radius 2 is 1.96 bits per heavy atom. The van der Waals surface area contributed by atoms with Crippen LogP contribution in [0.1, 0.15) is 24.9 Å². The van der Waals surface area contributed by atoms with Crippen LogP contribution in [0.3, 0.4) is 0 Å². The van der Waals surface area contributed by atoms with E-state index in [0.29, 0.717) is 24.5 Å². The van der Waals surface area contributed by atoms with Crippen LogP contribution in [-0.2, 0) is 11.3 Å². The Morgan fingerprint density at radius 3 is 2.60 bits per heavy atom. The first-order valence-electron chi connectivity index (χ1n) is 7.80. The highest BCUT2D eigenvalue weighted by atomic mass is 16.4. The van der Waals surface area contributed by atoms with Crippen molar-refractivity contribution >= 4 is 11.9 Å². The molecule has 0 spiro atoms. The lowest BCUT2D eigenvalue weighted by Crippen LogP contribution is -2.20. The number of rotatable bonds is 7.